The van der Waals surface area contributed by atoms with E-state index in [4.69, 9.17) is 5.11 Å². The van der Waals surface area contributed by atoms with E-state index in [1.54, 1.807) is 23.6 Å². The average molecular weight is 453 g/mol. The van der Waals surface area contributed by atoms with Crippen LogP contribution in [0.15, 0.2) is 34.4 Å². The second kappa shape index (κ2) is 8.24. The van der Waals surface area contributed by atoms with Gasteiger partial charge in [0.1, 0.15) is 5.78 Å². The Bertz CT molecular complexity index is 948. The fourth-order valence-corrected chi connectivity index (χ4v) is 8.59. The second-order valence-corrected chi connectivity index (χ2v) is 12.7. The first-order valence-corrected chi connectivity index (χ1v) is 13.2. The van der Waals surface area contributed by atoms with Crippen molar-refractivity contribution in [3.63, 3.8) is 0 Å². The van der Waals surface area contributed by atoms with E-state index in [1.165, 1.54) is 19.3 Å². The lowest BCUT2D eigenvalue weighted by Gasteiger charge is -2.60. The number of fused-ring (bicyclic) bond motifs is 5. The van der Waals surface area contributed by atoms with E-state index in [0.717, 1.165) is 32.1 Å². The molecule has 0 aromatic carbocycles. The summed E-state index contributed by atoms with van der Waals surface area (Å²) < 4.78 is 0. The maximum atomic E-state index is 12.8. The zero-order valence-electron chi connectivity index (χ0n) is 21.9. The summed E-state index contributed by atoms with van der Waals surface area (Å²) in [6, 6.07) is 0. The zero-order valence-corrected chi connectivity index (χ0v) is 21.9. The van der Waals surface area contributed by atoms with Gasteiger partial charge in [-0.05, 0) is 81.0 Å². The molecule has 0 aromatic rings. The van der Waals surface area contributed by atoms with E-state index in [-0.39, 0.29) is 16.2 Å². The van der Waals surface area contributed by atoms with Crippen molar-refractivity contribution in [1.29, 1.82) is 0 Å². The highest BCUT2D eigenvalue weighted by molar-refractivity contribution is 5.86. The summed E-state index contributed by atoms with van der Waals surface area (Å²) in [5.74, 6) is 1.76. The minimum Gasteiger partial charge on any atom is -0.478 e. The number of hydrogen-bond donors (Lipinski definition) is 1. The van der Waals surface area contributed by atoms with Gasteiger partial charge in [-0.2, -0.15) is 0 Å². The van der Waals surface area contributed by atoms with Gasteiger partial charge >= 0.3 is 5.97 Å². The first kappa shape index (κ1) is 24.5. The van der Waals surface area contributed by atoms with Crippen molar-refractivity contribution in [3.05, 3.63) is 34.4 Å². The quantitative estimate of drug-likeness (QED) is 0.346. The van der Waals surface area contributed by atoms with Gasteiger partial charge in [0.15, 0.2) is 0 Å². The monoisotopic (exact) mass is 452 g/mol. The maximum absolute atomic E-state index is 12.8. The van der Waals surface area contributed by atoms with Crippen LogP contribution in [-0.4, -0.2) is 16.9 Å². The Kier molecular flexibility index (Phi) is 6.11. The van der Waals surface area contributed by atoms with Crippen molar-refractivity contribution >= 4 is 11.8 Å². The number of ketones is 1. The van der Waals surface area contributed by atoms with E-state index < -0.39 is 5.97 Å². The molecule has 0 saturated heterocycles. The van der Waals surface area contributed by atoms with Crippen LogP contribution in [0.25, 0.3) is 0 Å². The van der Waals surface area contributed by atoms with Crippen LogP contribution in [-0.2, 0) is 9.59 Å². The Labute approximate surface area is 200 Å². The van der Waals surface area contributed by atoms with E-state index in [0.29, 0.717) is 35.0 Å². The van der Waals surface area contributed by atoms with Crippen molar-refractivity contribution in [1.82, 2.24) is 0 Å². The summed E-state index contributed by atoms with van der Waals surface area (Å²) in [5, 5.41) is 9.14. The molecule has 182 valence electrons. The van der Waals surface area contributed by atoms with E-state index in [1.807, 2.05) is 6.08 Å². The molecule has 4 aliphatic rings. The number of carbonyl (C=O) groups excluding carboxylic acids is 1. The molecule has 2 saturated carbocycles. The largest absolute Gasteiger partial charge is 0.478 e. The Morgan fingerprint density at radius 2 is 1.91 bits per heavy atom. The molecule has 33 heavy (non-hydrogen) atoms. The lowest BCUT2D eigenvalue weighted by Crippen LogP contribution is -2.55. The smallest absolute Gasteiger partial charge is 0.330 e. The minimum absolute atomic E-state index is 0.165. The van der Waals surface area contributed by atoms with Crippen molar-refractivity contribution in [2.24, 2.45) is 39.9 Å². The average Bonchev–Trinajstić information content (AvgIpc) is 3.11. The van der Waals surface area contributed by atoms with Crippen LogP contribution in [0.5, 0.6) is 0 Å². The summed E-state index contributed by atoms with van der Waals surface area (Å²) in [5.41, 5.74) is 5.65. The molecule has 3 nitrogen and oxygen atoms in total. The van der Waals surface area contributed by atoms with Crippen LogP contribution >= 0.6 is 0 Å². The number of Topliss-reactive ketones (excluding diaryl/α,β-unsaturated/α-hetero) is 1. The van der Waals surface area contributed by atoms with Crippen molar-refractivity contribution in [2.75, 3.05) is 0 Å². The third-order valence-electron chi connectivity index (χ3n) is 10.6. The standard InChI is InChI=1S/C30H44O3/c1-18(9-8-10-19(2)27(32)33)21-13-15-30(7)22-11-12-24-28(4,5)25(31)14-16-29(24,6)23(22)17-20(3)26(21)30/h10-11,18,20,23-24H,8-9,12-17H2,1-7H3,(H,32,33). The summed E-state index contributed by atoms with van der Waals surface area (Å²) in [7, 11) is 0. The van der Waals surface area contributed by atoms with Gasteiger partial charge in [0, 0.05) is 22.8 Å². The molecule has 6 atom stereocenters. The highest BCUT2D eigenvalue weighted by atomic mass is 16.4. The Hall–Kier alpha value is -1.64. The fraction of sp³-hybridized carbons (Fsp3) is 0.733. The van der Waals surface area contributed by atoms with Gasteiger partial charge in [-0.25, -0.2) is 4.79 Å². The Morgan fingerprint density at radius 1 is 1.21 bits per heavy atom. The SMILES string of the molecule is CC(=CCCC(C)C1=C2C(C)CC3C(=CCC4C(C)(C)C(=O)CCC34C)C2(C)CC1)C(=O)O. The number of rotatable bonds is 5. The molecule has 1 N–H and O–H groups in total. The molecule has 0 aliphatic heterocycles. The number of carbonyl (C=O) groups is 2. The number of carboxylic acids is 1. The topological polar surface area (TPSA) is 54.4 Å². The molecular formula is C30H44O3. The van der Waals surface area contributed by atoms with Crippen LogP contribution < -0.4 is 0 Å². The van der Waals surface area contributed by atoms with Gasteiger partial charge in [0.25, 0.3) is 0 Å². The van der Waals surface area contributed by atoms with Gasteiger partial charge in [-0.3, -0.25) is 4.79 Å². The summed E-state index contributed by atoms with van der Waals surface area (Å²) in [6.07, 6.45) is 12.7. The molecule has 4 aliphatic carbocycles. The molecule has 0 bridgehead atoms. The Morgan fingerprint density at radius 3 is 2.58 bits per heavy atom. The highest BCUT2D eigenvalue weighted by Crippen LogP contribution is 2.68. The van der Waals surface area contributed by atoms with E-state index in [2.05, 4.69) is 47.6 Å². The predicted octanol–water partition coefficient (Wildman–Crippen LogP) is 7.53. The molecule has 6 unspecified atom stereocenters. The molecule has 0 heterocycles. The fourth-order valence-electron chi connectivity index (χ4n) is 8.59. The van der Waals surface area contributed by atoms with Crippen molar-refractivity contribution in [2.45, 2.75) is 99.8 Å². The molecule has 0 spiro atoms. The normalized spacial score (nSPS) is 38.9. The maximum Gasteiger partial charge on any atom is 0.330 e. The third kappa shape index (κ3) is 3.69. The van der Waals surface area contributed by atoms with Crippen LogP contribution in [0, 0.1) is 39.9 Å². The second-order valence-electron chi connectivity index (χ2n) is 12.7. The lowest BCUT2D eigenvalue weighted by molar-refractivity contribution is -0.144. The van der Waals surface area contributed by atoms with Crippen molar-refractivity contribution in [3.8, 4) is 0 Å². The molecule has 2 fully saturated rings. The molecule has 0 radical (unpaired) electrons. The first-order chi connectivity index (χ1) is 15.3. The molecule has 0 aromatic heterocycles. The third-order valence-corrected chi connectivity index (χ3v) is 10.6. The van der Waals surface area contributed by atoms with E-state index >= 15 is 0 Å². The molecule has 3 heteroatoms. The zero-order chi connectivity index (χ0) is 24.3. The van der Waals surface area contributed by atoms with Crippen LogP contribution in [0.3, 0.4) is 0 Å². The summed E-state index contributed by atoms with van der Waals surface area (Å²) >= 11 is 0. The number of hydrogen-bond acceptors (Lipinski definition) is 2. The minimum atomic E-state index is -0.811. The predicted molar refractivity (Wildman–Crippen MR) is 134 cm³/mol. The van der Waals surface area contributed by atoms with Gasteiger partial charge in [0.05, 0.1) is 0 Å². The van der Waals surface area contributed by atoms with Gasteiger partial charge in [-0.15, -0.1) is 0 Å². The van der Waals surface area contributed by atoms with Gasteiger partial charge in [-0.1, -0.05) is 70.4 Å². The van der Waals surface area contributed by atoms with Crippen LogP contribution in [0.4, 0.5) is 0 Å². The highest BCUT2D eigenvalue weighted by Gasteiger charge is 2.60. The molecule has 0 amide bonds. The Balaban J connectivity index is 1.65. The van der Waals surface area contributed by atoms with Crippen LogP contribution in [0.1, 0.15) is 99.8 Å². The molecule has 4 rings (SSSR count). The first-order valence-electron chi connectivity index (χ1n) is 13.2. The van der Waals surface area contributed by atoms with Crippen molar-refractivity contribution < 1.29 is 14.7 Å². The summed E-state index contributed by atoms with van der Waals surface area (Å²) in [4.78, 5) is 23.9. The van der Waals surface area contributed by atoms with Crippen LogP contribution in [0.2, 0.25) is 0 Å². The number of carboxylic acid groups (broad SMARTS) is 1. The molecular weight excluding hydrogens is 408 g/mol. The number of aliphatic carboxylic acids is 1. The van der Waals surface area contributed by atoms with Gasteiger partial charge in [0.2, 0.25) is 0 Å². The van der Waals surface area contributed by atoms with Gasteiger partial charge < -0.3 is 5.11 Å². The number of allylic oxidation sites excluding steroid dienone is 5. The lowest BCUT2D eigenvalue weighted by atomic mass is 9.43. The van der Waals surface area contributed by atoms with E-state index in [9.17, 15) is 9.59 Å². The summed E-state index contributed by atoms with van der Waals surface area (Å²) in [6.45, 7) is 15.9.